The van der Waals surface area contributed by atoms with Crippen LogP contribution in [0.25, 0.3) is 77.4 Å². The van der Waals surface area contributed by atoms with E-state index in [1.165, 1.54) is 0 Å². The van der Waals surface area contributed by atoms with Gasteiger partial charge in [0.05, 0.1) is 16.6 Å². The molecule has 0 N–H and O–H groups in total. The van der Waals surface area contributed by atoms with Gasteiger partial charge in [-0.15, -0.1) is 0 Å². The predicted molar refractivity (Wildman–Crippen MR) is 146 cm³/mol. The van der Waals surface area contributed by atoms with Crippen LogP contribution < -0.4 is 0 Å². The summed E-state index contributed by atoms with van der Waals surface area (Å²) in [5.41, 5.74) is 8.51. The second-order valence-electron chi connectivity index (χ2n) is 9.27. The van der Waals surface area contributed by atoms with Gasteiger partial charge in [-0.2, -0.15) is 0 Å². The van der Waals surface area contributed by atoms with Gasteiger partial charge in [-0.3, -0.25) is 0 Å². The number of hydrogen-bond acceptors (Lipinski definition) is 3. The van der Waals surface area contributed by atoms with Crippen molar-refractivity contribution in [3.8, 4) is 22.5 Å². The molecule has 0 saturated carbocycles. The van der Waals surface area contributed by atoms with Gasteiger partial charge in [0.2, 0.25) is 0 Å². The molecule has 0 aliphatic heterocycles. The standard InChI is InChI=1S/C32H20N2O2/c1-34-26-16-15-20(17-25(26)33-32(34)19-9-3-2-4-10-19)29-30-23(21-11-5-7-13-27(21)35-30)18-24-22-12-6-8-14-28(22)36-31(24)29/h2-18H,1H3. The van der Waals surface area contributed by atoms with Gasteiger partial charge in [-0.25, -0.2) is 4.98 Å². The number of aryl methyl sites for hydroxylation is 1. The first-order chi connectivity index (χ1) is 17.8. The average Bonchev–Trinajstić information content (AvgIpc) is 3.59. The van der Waals surface area contributed by atoms with E-state index in [9.17, 15) is 0 Å². The SMILES string of the molecule is Cn1c(-c2ccccc2)nc2cc(-c3c4oc5ccccc5c4cc4c3oc3ccccc34)ccc21. The van der Waals surface area contributed by atoms with Crippen LogP contribution in [-0.2, 0) is 7.05 Å². The highest BCUT2D eigenvalue weighted by Crippen LogP contribution is 2.44. The van der Waals surface area contributed by atoms with Crippen molar-refractivity contribution in [1.82, 2.24) is 9.55 Å². The molecule has 36 heavy (non-hydrogen) atoms. The fourth-order valence-electron chi connectivity index (χ4n) is 5.50. The van der Waals surface area contributed by atoms with Crippen molar-refractivity contribution in [2.75, 3.05) is 0 Å². The number of aromatic nitrogens is 2. The summed E-state index contributed by atoms with van der Waals surface area (Å²) in [4.78, 5) is 5.02. The van der Waals surface area contributed by atoms with E-state index >= 15 is 0 Å². The molecular weight excluding hydrogens is 444 g/mol. The minimum atomic E-state index is 0.835. The Labute approximate surface area is 206 Å². The molecule has 0 radical (unpaired) electrons. The highest BCUT2D eigenvalue weighted by atomic mass is 16.3. The minimum absolute atomic E-state index is 0.835. The topological polar surface area (TPSA) is 44.1 Å². The number of benzene rings is 5. The normalized spacial score (nSPS) is 12.0. The third-order valence-corrected chi connectivity index (χ3v) is 7.21. The Morgan fingerprint density at radius 3 is 1.86 bits per heavy atom. The smallest absolute Gasteiger partial charge is 0.147 e. The number of fused-ring (bicyclic) bond motifs is 7. The number of imidazole rings is 1. The van der Waals surface area contributed by atoms with Gasteiger partial charge in [0.15, 0.2) is 0 Å². The van der Waals surface area contributed by atoms with Crippen LogP contribution in [0.4, 0.5) is 0 Å². The maximum Gasteiger partial charge on any atom is 0.147 e. The predicted octanol–water partition coefficient (Wildman–Crippen LogP) is 8.71. The first-order valence-corrected chi connectivity index (χ1v) is 12.0. The Balaban J connectivity index is 1.48. The van der Waals surface area contributed by atoms with E-state index in [1.54, 1.807) is 0 Å². The second-order valence-corrected chi connectivity index (χ2v) is 9.27. The zero-order chi connectivity index (χ0) is 23.8. The molecule has 0 unspecified atom stereocenters. The maximum atomic E-state index is 6.47. The van der Waals surface area contributed by atoms with Crippen molar-refractivity contribution in [2.24, 2.45) is 7.05 Å². The number of rotatable bonds is 2. The first-order valence-electron chi connectivity index (χ1n) is 12.0. The van der Waals surface area contributed by atoms with E-state index in [1.807, 2.05) is 42.5 Å². The lowest BCUT2D eigenvalue weighted by Crippen LogP contribution is -1.91. The molecule has 3 heterocycles. The third-order valence-electron chi connectivity index (χ3n) is 7.21. The van der Waals surface area contributed by atoms with Crippen LogP contribution >= 0.6 is 0 Å². The Kier molecular flexibility index (Phi) is 3.84. The molecule has 170 valence electrons. The van der Waals surface area contributed by atoms with Crippen LogP contribution in [0.5, 0.6) is 0 Å². The van der Waals surface area contributed by atoms with Gasteiger partial charge in [-0.1, -0.05) is 72.8 Å². The number of hydrogen-bond donors (Lipinski definition) is 0. The Hall–Kier alpha value is -4.83. The molecule has 0 aliphatic carbocycles. The Morgan fingerprint density at radius 1 is 0.583 bits per heavy atom. The number of para-hydroxylation sites is 2. The molecular formula is C32H20N2O2. The van der Waals surface area contributed by atoms with Crippen LogP contribution in [0.1, 0.15) is 0 Å². The molecule has 4 nitrogen and oxygen atoms in total. The van der Waals surface area contributed by atoms with Gasteiger partial charge >= 0.3 is 0 Å². The van der Waals surface area contributed by atoms with Crippen LogP contribution in [0.2, 0.25) is 0 Å². The molecule has 0 aliphatic rings. The minimum Gasteiger partial charge on any atom is -0.455 e. The monoisotopic (exact) mass is 464 g/mol. The molecule has 0 bridgehead atoms. The van der Waals surface area contributed by atoms with Crippen molar-refractivity contribution < 1.29 is 8.83 Å². The Morgan fingerprint density at radius 2 is 1.19 bits per heavy atom. The largest absolute Gasteiger partial charge is 0.455 e. The summed E-state index contributed by atoms with van der Waals surface area (Å²) in [6, 6.07) is 35.3. The summed E-state index contributed by atoms with van der Waals surface area (Å²) in [5, 5.41) is 4.38. The zero-order valence-electron chi connectivity index (χ0n) is 19.5. The van der Waals surface area contributed by atoms with Crippen molar-refractivity contribution in [1.29, 1.82) is 0 Å². The molecule has 0 fully saturated rings. The van der Waals surface area contributed by atoms with Crippen LogP contribution in [0, 0.1) is 0 Å². The van der Waals surface area contributed by atoms with Crippen LogP contribution in [0.3, 0.4) is 0 Å². The molecule has 5 aromatic carbocycles. The summed E-state index contributed by atoms with van der Waals surface area (Å²) in [7, 11) is 2.06. The highest BCUT2D eigenvalue weighted by molar-refractivity contribution is 6.22. The lowest BCUT2D eigenvalue weighted by molar-refractivity contribution is 0.658. The summed E-state index contributed by atoms with van der Waals surface area (Å²) in [6.45, 7) is 0. The highest BCUT2D eigenvalue weighted by Gasteiger charge is 2.21. The van der Waals surface area contributed by atoms with Gasteiger partial charge in [0.1, 0.15) is 28.2 Å². The van der Waals surface area contributed by atoms with Crippen molar-refractivity contribution in [2.45, 2.75) is 0 Å². The van der Waals surface area contributed by atoms with Gasteiger partial charge in [0, 0.05) is 34.2 Å². The number of nitrogens with zero attached hydrogens (tertiary/aromatic N) is 2. The lowest BCUT2D eigenvalue weighted by Gasteiger charge is -2.06. The molecule has 0 amide bonds. The fraction of sp³-hybridized carbons (Fsp3) is 0.0312. The van der Waals surface area contributed by atoms with Crippen molar-refractivity contribution >= 4 is 54.9 Å². The van der Waals surface area contributed by atoms with E-state index in [-0.39, 0.29) is 0 Å². The van der Waals surface area contributed by atoms with Crippen molar-refractivity contribution in [3.63, 3.8) is 0 Å². The van der Waals surface area contributed by atoms with Crippen LogP contribution in [0.15, 0.2) is 112 Å². The lowest BCUT2D eigenvalue weighted by atomic mass is 9.98. The van der Waals surface area contributed by atoms with E-state index in [0.29, 0.717) is 0 Å². The molecule has 0 saturated heterocycles. The summed E-state index contributed by atoms with van der Waals surface area (Å²) in [6.07, 6.45) is 0. The van der Waals surface area contributed by atoms with Gasteiger partial charge < -0.3 is 13.4 Å². The summed E-state index contributed by atoms with van der Waals surface area (Å²) >= 11 is 0. The van der Waals surface area contributed by atoms with E-state index < -0.39 is 0 Å². The quantitative estimate of drug-likeness (QED) is 0.257. The summed E-state index contributed by atoms with van der Waals surface area (Å²) < 4.78 is 15.1. The number of furan rings is 2. The van der Waals surface area contributed by atoms with E-state index in [2.05, 4.69) is 72.3 Å². The molecule has 8 rings (SSSR count). The average molecular weight is 465 g/mol. The van der Waals surface area contributed by atoms with Crippen LogP contribution in [-0.4, -0.2) is 9.55 Å². The Bertz CT molecular complexity index is 2020. The van der Waals surface area contributed by atoms with Gasteiger partial charge in [0.25, 0.3) is 0 Å². The summed E-state index contributed by atoms with van der Waals surface area (Å²) in [5.74, 6) is 0.943. The van der Waals surface area contributed by atoms with Gasteiger partial charge in [-0.05, 0) is 35.9 Å². The molecule has 0 atom stereocenters. The molecule has 0 spiro atoms. The van der Waals surface area contributed by atoms with E-state index in [4.69, 9.17) is 13.8 Å². The molecule has 4 heteroatoms. The van der Waals surface area contributed by atoms with Crippen molar-refractivity contribution in [3.05, 3.63) is 103 Å². The first kappa shape index (κ1) is 19.5. The molecule has 8 aromatic rings. The second kappa shape index (κ2) is 7.09. The fourth-order valence-corrected chi connectivity index (χ4v) is 5.50. The third kappa shape index (κ3) is 2.61. The molecule has 3 aromatic heterocycles. The zero-order valence-corrected chi connectivity index (χ0v) is 19.5. The van der Waals surface area contributed by atoms with E-state index in [0.717, 1.165) is 77.4 Å². The maximum absolute atomic E-state index is 6.47.